The number of ether oxygens (including phenoxy) is 2. The lowest BCUT2D eigenvalue weighted by molar-refractivity contribution is -0.164. The minimum Gasteiger partial charge on any atom is -0.444 e. The van der Waals surface area contributed by atoms with Crippen LogP contribution < -0.4 is 21.1 Å². The van der Waals surface area contributed by atoms with Crippen molar-refractivity contribution in [1.29, 1.82) is 0 Å². The molecule has 52 heavy (non-hydrogen) atoms. The van der Waals surface area contributed by atoms with Gasteiger partial charge in [0.1, 0.15) is 34.0 Å². The summed E-state index contributed by atoms with van der Waals surface area (Å²) >= 11 is 0. The summed E-state index contributed by atoms with van der Waals surface area (Å²) in [6.45, 7) is 7.89. The summed E-state index contributed by atoms with van der Waals surface area (Å²) in [4.78, 5) is 65.9. The Labute approximate surface area is 295 Å². The van der Waals surface area contributed by atoms with Crippen LogP contribution in [-0.2, 0) is 14.4 Å². The Morgan fingerprint density at radius 2 is 1.83 bits per heavy atom. The second-order valence-electron chi connectivity index (χ2n) is 12.7. The van der Waals surface area contributed by atoms with Gasteiger partial charge in [0.2, 0.25) is 0 Å². The van der Waals surface area contributed by atoms with Crippen molar-refractivity contribution < 1.29 is 37.6 Å². The van der Waals surface area contributed by atoms with E-state index in [4.69, 9.17) is 25.7 Å². The van der Waals surface area contributed by atoms with Crippen LogP contribution in [0.5, 0.6) is 6.01 Å². The van der Waals surface area contributed by atoms with Gasteiger partial charge in [-0.25, -0.2) is 33.1 Å². The van der Waals surface area contributed by atoms with Gasteiger partial charge in [0.15, 0.2) is 5.82 Å². The molecule has 3 N–H and O–H groups in total. The van der Waals surface area contributed by atoms with Gasteiger partial charge in [0, 0.05) is 35.8 Å². The number of nitrogens with one attached hydrogen (secondary N) is 3. The fraction of sp³-hybridized carbons (Fsp3) is 0.278. The second-order valence-corrected chi connectivity index (χ2v) is 12.7. The largest absolute Gasteiger partial charge is 0.453 e. The predicted octanol–water partition coefficient (Wildman–Crippen LogP) is 6.08. The lowest BCUT2D eigenvalue weighted by Gasteiger charge is -2.24. The van der Waals surface area contributed by atoms with Gasteiger partial charge in [-0.15, -0.1) is 6.42 Å². The third-order valence-corrected chi connectivity index (χ3v) is 7.92. The van der Waals surface area contributed by atoms with E-state index in [0.29, 0.717) is 24.2 Å². The highest BCUT2D eigenvalue weighted by molar-refractivity contribution is 6.02. The minimum atomic E-state index is -1.04. The Morgan fingerprint density at radius 1 is 1.06 bits per heavy atom. The molecule has 268 valence electrons. The normalized spacial score (nSPS) is 13.7. The monoisotopic (exact) mass is 713 g/mol. The van der Waals surface area contributed by atoms with Crippen molar-refractivity contribution in [3.63, 3.8) is 0 Å². The maximum atomic E-state index is 16.8. The van der Waals surface area contributed by atoms with Crippen LogP contribution in [0.1, 0.15) is 44.9 Å². The van der Waals surface area contributed by atoms with Gasteiger partial charge in [-0.3, -0.25) is 10.1 Å². The third kappa shape index (κ3) is 7.39. The van der Waals surface area contributed by atoms with E-state index in [2.05, 4.69) is 36.5 Å². The van der Waals surface area contributed by atoms with Crippen molar-refractivity contribution >= 4 is 45.5 Å². The van der Waals surface area contributed by atoms with Crippen molar-refractivity contribution in [1.82, 2.24) is 24.8 Å². The number of amides is 2. The van der Waals surface area contributed by atoms with Gasteiger partial charge in [-0.05, 0) is 45.2 Å². The minimum absolute atomic E-state index is 0.0948. The number of rotatable bonds is 7. The first kappa shape index (κ1) is 35.5. The highest BCUT2D eigenvalue weighted by atomic mass is 19.1. The Balaban J connectivity index is 1.45. The number of morpholine rings is 1. The van der Waals surface area contributed by atoms with Crippen LogP contribution in [0.25, 0.3) is 32.9 Å². The standard InChI is InChI=1S/C36H33F2N7O7/c1-6-21-24(37)13-12-20-9-7-10-23(25(20)21)28-27(38)29-26(32(46)41-28)31(43-33(42-29)51-52-35(48)45-15-17-49-18-16-45)40-19(2)22-11-8-14-39-30(22)44-34(47)50-36(3,4)5/h1,7-14,19H,15-18H2,2-5H3,(H,41,46)(H,39,44,47)(H,40,42,43). The van der Waals surface area contributed by atoms with Gasteiger partial charge in [0.25, 0.3) is 5.56 Å². The lowest BCUT2D eigenvalue weighted by Crippen LogP contribution is -2.41. The molecule has 1 saturated heterocycles. The fourth-order valence-electron chi connectivity index (χ4n) is 5.62. The summed E-state index contributed by atoms with van der Waals surface area (Å²) < 4.78 is 42.2. The molecule has 0 spiro atoms. The van der Waals surface area contributed by atoms with E-state index in [-0.39, 0.29) is 52.3 Å². The lowest BCUT2D eigenvalue weighted by atomic mass is 9.96. The zero-order valence-electron chi connectivity index (χ0n) is 28.5. The predicted molar refractivity (Wildman–Crippen MR) is 187 cm³/mol. The molecule has 2 aromatic carbocycles. The number of benzene rings is 2. The van der Waals surface area contributed by atoms with E-state index in [9.17, 15) is 18.8 Å². The van der Waals surface area contributed by atoms with Crippen LogP contribution in [0.3, 0.4) is 0 Å². The van der Waals surface area contributed by atoms with E-state index < -0.39 is 52.6 Å². The van der Waals surface area contributed by atoms with Crippen LogP contribution in [0, 0.1) is 24.0 Å². The van der Waals surface area contributed by atoms with E-state index in [1.165, 1.54) is 29.3 Å². The molecule has 1 aliphatic heterocycles. The summed E-state index contributed by atoms with van der Waals surface area (Å²) in [6.07, 6.45) is 5.49. The Morgan fingerprint density at radius 3 is 2.56 bits per heavy atom. The molecule has 4 heterocycles. The third-order valence-electron chi connectivity index (χ3n) is 7.92. The molecular weight excluding hydrogens is 680 g/mol. The Kier molecular flexibility index (Phi) is 9.89. The molecule has 16 heteroatoms. The molecule has 1 atom stereocenters. The molecule has 1 aliphatic rings. The smallest absolute Gasteiger partial charge is 0.444 e. The second kappa shape index (κ2) is 14.5. The molecule has 0 aliphatic carbocycles. The topological polar surface area (TPSA) is 170 Å². The number of H-pyrrole nitrogens is 1. The average molecular weight is 714 g/mol. The van der Waals surface area contributed by atoms with Gasteiger partial charge >= 0.3 is 18.2 Å². The van der Waals surface area contributed by atoms with E-state index in [1.807, 2.05) is 0 Å². The van der Waals surface area contributed by atoms with Gasteiger partial charge in [0.05, 0.1) is 30.5 Å². The number of hydrogen-bond donors (Lipinski definition) is 3. The number of nitrogens with zero attached hydrogens (tertiary/aromatic N) is 4. The van der Waals surface area contributed by atoms with Crippen LogP contribution >= 0.6 is 0 Å². The first-order valence-electron chi connectivity index (χ1n) is 16.1. The quantitative estimate of drug-likeness (QED) is 0.102. The summed E-state index contributed by atoms with van der Waals surface area (Å²) in [5.74, 6) is 0.489. The molecular formula is C36H33F2N7O7. The highest BCUT2D eigenvalue weighted by Crippen LogP contribution is 2.35. The summed E-state index contributed by atoms with van der Waals surface area (Å²) in [7, 11) is 0. The molecule has 1 fully saturated rings. The molecule has 0 bridgehead atoms. The number of carbonyl (C=O) groups is 2. The molecule has 2 amide bonds. The van der Waals surface area contributed by atoms with Crippen LogP contribution in [-0.4, -0.2) is 68.9 Å². The first-order chi connectivity index (χ1) is 24.8. The number of terminal acetylenes is 1. The van der Waals surface area contributed by atoms with Crippen LogP contribution in [0.15, 0.2) is 53.5 Å². The van der Waals surface area contributed by atoms with Crippen molar-refractivity contribution in [2.45, 2.75) is 39.3 Å². The number of pyridine rings is 2. The number of carbonyl (C=O) groups excluding carboxylic acids is 2. The molecule has 1 unspecified atom stereocenters. The average Bonchev–Trinajstić information content (AvgIpc) is 3.11. The van der Waals surface area contributed by atoms with Crippen molar-refractivity contribution in [3.8, 4) is 29.6 Å². The van der Waals surface area contributed by atoms with Crippen LogP contribution in [0.4, 0.5) is 30.0 Å². The summed E-state index contributed by atoms with van der Waals surface area (Å²) in [5, 5.41) is 6.02. The summed E-state index contributed by atoms with van der Waals surface area (Å²) in [5.41, 5.74) is -2.06. The molecule has 6 rings (SSSR count). The van der Waals surface area contributed by atoms with E-state index >= 15 is 4.39 Å². The van der Waals surface area contributed by atoms with E-state index in [0.717, 1.165) is 0 Å². The Hall–Kier alpha value is -6.34. The van der Waals surface area contributed by atoms with Gasteiger partial charge in [-0.2, -0.15) is 9.97 Å². The number of hydrogen-bond acceptors (Lipinski definition) is 11. The zero-order chi connectivity index (χ0) is 37.2. The molecule has 3 aromatic heterocycles. The number of anilines is 2. The van der Waals surface area contributed by atoms with E-state index in [1.54, 1.807) is 52.0 Å². The van der Waals surface area contributed by atoms with Crippen molar-refractivity contribution in [3.05, 3.63) is 81.8 Å². The maximum Gasteiger partial charge on any atom is 0.453 e. The highest BCUT2D eigenvalue weighted by Gasteiger charge is 2.26. The fourth-order valence-corrected chi connectivity index (χ4v) is 5.62. The van der Waals surface area contributed by atoms with Gasteiger partial charge in [-0.1, -0.05) is 36.3 Å². The van der Waals surface area contributed by atoms with Crippen molar-refractivity contribution in [2.75, 3.05) is 36.9 Å². The number of halogens is 2. The molecule has 5 aromatic rings. The van der Waals surface area contributed by atoms with Gasteiger partial charge < -0.3 is 24.7 Å². The molecule has 0 saturated carbocycles. The summed E-state index contributed by atoms with van der Waals surface area (Å²) in [6, 6.07) is 9.35. The molecule has 0 radical (unpaired) electrons. The number of aromatic amines is 1. The van der Waals surface area contributed by atoms with Crippen LogP contribution in [0.2, 0.25) is 0 Å². The zero-order valence-corrected chi connectivity index (χ0v) is 28.5. The maximum absolute atomic E-state index is 16.8. The number of fused-ring (bicyclic) bond motifs is 2. The Bertz CT molecular complexity index is 2300. The number of aromatic nitrogens is 4. The molecule has 14 nitrogen and oxygen atoms in total. The first-order valence-corrected chi connectivity index (χ1v) is 16.1. The van der Waals surface area contributed by atoms with Crippen molar-refractivity contribution in [2.24, 2.45) is 0 Å². The SMILES string of the molecule is C#Cc1c(F)ccc2cccc(-c3[nH]c(=O)c4c(NC(C)c5cccnc5NC(=O)OC(C)(C)C)nc(OOC(=O)N5CCOCC5)nc4c3F)c12.